The van der Waals surface area contributed by atoms with Gasteiger partial charge in [-0.1, -0.05) is 0 Å². The van der Waals surface area contributed by atoms with Crippen LogP contribution in [-0.2, 0) is 4.57 Å². The Morgan fingerprint density at radius 3 is 0.818 bits per heavy atom. The summed E-state index contributed by atoms with van der Waals surface area (Å²) in [6, 6.07) is 0. The zero-order valence-electron chi connectivity index (χ0n) is 11.1. The van der Waals surface area contributed by atoms with E-state index in [0.717, 1.165) is 0 Å². The van der Waals surface area contributed by atoms with Crippen LogP contribution in [-0.4, -0.2) is 0 Å². The molecule has 0 bridgehead atoms. The van der Waals surface area contributed by atoms with Crippen molar-refractivity contribution in [2.24, 2.45) is 0 Å². The summed E-state index contributed by atoms with van der Waals surface area (Å²) in [5.74, 6) is 0. The van der Waals surface area contributed by atoms with Gasteiger partial charge in [0.15, 0.2) is 0 Å². The van der Waals surface area contributed by atoms with E-state index in [1.807, 2.05) is 0 Å². The summed E-state index contributed by atoms with van der Waals surface area (Å²) >= 11 is 0. The first kappa shape index (κ1) is 42.7. The van der Waals surface area contributed by atoms with Gasteiger partial charge in [0.05, 0.1) is 0 Å². The van der Waals surface area contributed by atoms with E-state index in [1.54, 1.807) is 0 Å². The molecule has 0 aliphatic carbocycles. The predicted molar refractivity (Wildman–Crippen MR) is 10.9 cm³/mol. The number of hydrogen-bond donors (Lipinski definition) is 0. The molecular weight excluding hydrogens is 281 g/mol. The Bertz CT molecular complexity index is 77.2. The maximum atomic E-state index is 8.55. The molecule has 0 aliphatic rings. The zero-order valence-corrected chi connectivity index (χ0v) is 24.3. The van der Waals surface area contributed by atoms with Crippen LogP contribution in [0.3, 0.4) is 0 Å². The minimum Gasteiger partial charge on any atom is -1.00 e. The summed E-state index contributed by atoms with van der Waals surface area (Å²) in [7, 11) is -5.39. The van der Waals surface area contributed by atoms with Crippen molar-refractivity contribution in [3.63, 3.8) is 0 Å². The van der Waals surface area contributed by atoms with E-state index in [-0.39, 0.29) is 247 Å². The molecule has 0 aromatic carbocycles. The van der Waals surface area contributed by atoms with Crippen molar-refractivity contribution in [2.75, 3.05) is 0 Å². The topological polar surface area (TPSA) is 86.2 Å². The Morgan fingerprint density at radius 1 is 0.818 bits per heavy atom. The average Bonchev–Trinajstić information content (AvgIpc) is 0.722. The molecular formula is H3K3Na3O4P. The van der Waals surface area contributed by atoms with Crippen LogP contribution in [0.5, 0.6) is 0 Å². The Labute approximate surface area is 265 Å². The van der Waals surface area contributed by atoms with E-state index in [1.165, 1.54) is 0 Å². The molecule has 0 heterocycles. The maximum Gasteiger partial charge on any atom is 1.00 e. The number of rotatable bonds is 0. The summed E-state index contributed by atoms with van der Waals surface area (Å²) in [6.07, 6.45) is 0. The van der Waals surface area contributed by atoms with Gasteiger partial charge in [-0.05, 0) is 0 Å². The number of hydrogen-bond acceptors (Lipinski definition) is 4. The van der Waals surface area contributed by atoms with Gasteiger partial charge >= 0.3 is 243 Å². The number of phosphoric acid groups is 1. The predicted octanol–water partition coefficient (Wildman–Crippen LogP) is -20.5. The standard InChI is InChI=1S/3K.3Na.H3O4P.3H/c;;;;;;1-5(2,3)4;;;/h;;;;;;(H3,1,2,3,4);;;/q6*+1;;3*-1/p-3. The maximum absolute atomic E-state index is 8.55. The van der Waals surface area contributed by atoms with Crippen LogP contribution in [0.1, 0.15) is 4.28 Å². The Kier molecular flexibility index (Phi) is 103. The molecule has 0 aromatic rings. The van der Waals surface area contributed by atoms with Crippen LogP contribution in [0, 0.1) is 0 Å². The van der Waals surface area contributed by atoms with Gasteiger partial charge in [0, 0.05) is 0 Å². The molecule has 38 valence electrons. The summed E-state index contributed by atoms with van der Waals surface area (Å²) in [4.78, 5) is 25.6. The second-order valence-electron chi connectivity index (χ2n) is 0.447. The first-order valence-electron chi connectivity index (χ1n) is 0.730. The molecule has 0 radical (unpaired) electrons. The molecule has 0 atom stereocenters. The van der Waals surface area contributed by atoms with Crippen molar-refractivity contribution < 1.29 is 266 Å². The van der Waals surface area contributed by atoms with Gasteiger partial charge in [0.2, 0.25) is 0 Å². The first-order chi connectivity index (χ1) is 2.00. The van der Waals surface area contributed by atoms with E-state index in [2.05, 4.69) is 0 Å². The molecule has 0 saturated heterocycles. The average molecular weight is 284 g/mol. The van der Waals surface area contributed by atoms with Crippen molar-refractivity contribution in [3.8, 4) is 0 Å². The zero-order chi connectivity index (χ0) is 4.50. The third-order valence-electron chi connectivity index (χ3n) is 0. The molecule has 0 saturated carbocycles. The minimum atomic E-state index is -5.39. The van der Waals surface area contributed by atoms with E-state index in [9.17, 15) is 0 Å². The quantitative estimate of drug-likeness (QED) is 0.326. The van der Waals surface area contributed by atoms with Crippen molar-refractivity contribution in [1.29, 1.82) is 0 Å². The third kappa shape index (κ3) is 71.9. The van der Waals surface area contributed by atoms with E-state index >= 15 is 0 Å². The van der Waals surface area contributed by atoms with Crippen LogP contribution in [0.4, 0.5) is 0 Å². The molecule has 0 fully saturated rings. The Hall–Kier alpha value is 8.02. The van der Waals surface area contributed by atoms with Crippen molar-refractivity contribution in [1.82, 2.24) is 0 Å². The van der Waals surface area contributed by atoms with Crippen LogP contribution in [0.25, 0.3) is 0 Å². The fourth-order valence-corrected chi connectivity index (χ4v) is 0. The van der Waals surface area contributed by atoms with Crippen molar-refractivity contribution in [2.45, 2.75) is 0 Å². The molecule has 11 heavy (non-hydrogen) atoms. The van der Waals surface area contributed by atoms with Crippen LogP contribution < -0.4 is 258 Å². The molecule has 0 amide bonds. The summed E-state index contributed by atoms with van der Waals surface area (Å²) in [5, 5.41) is 0. The largest absolute Gasteiger partial charge is 1.00 e. The van der Waals surface area contributed by atoms with Gasteiger partial charge < -0.3 is 23.5 Å². The summed E-state index contributed by atoms with van der Waals surface area (Å²) in [6.45, 7) is 0. The smallest absolute Gasteiger partial charge is 1.00 e. The van der Waals surface area contributed by atoms with Crippen LogP contribution in [0.15, 0.2) is 0 Å². The molecule has 0 spiro atoms. The second-order valence-corrected chi connectivity index (χ2v) is 1.34. The Morgan fingerprint density at radius 2 is 0.818 bits per heavy atom. The second kappa shape index (κ2) is 26.6. The molecule has 4 nitrogen and oxygen atoms in total. The van der Waals surface area contributed by atoms with E-state index in [0.29, 0.717) is 0 Å². The van der Waals surface area contributed by atoms with Gasteiger partial charge in [0.25, 0.3) is 0 Å². The van der Waals surface area contributed by atoms with Gasteiger partial charge in [-0.15, -0.1) is 0 Å². The Balaban J connectivity index is -0.00000000222. The SMILES string of the molecule is O=P([O-])([O-])[O-].[H-].[H-].[H-].[K+].[K+].[K+].[Na+].[Na+].[Na+]. The van der Waals surface area contributed by atoms with Crippen molar-refractivity contribution in [3.05, 3.63) is 0 Å². The first-order valence-corrected chi connectivity index (χ1v) is 2.19. The van der Waals surface area contributed by atoms with E-state index < -0.39 is 7.82 Å². The normalized spacial score (nSPS) is 5.36. The summed E-state index contributed by atoms with van der Waals surface area (Å²) < 4.78 is 8.55. The molecule has 0 aliphatic heterocycles. The van der Waals surface area contributed by atoms with Gasteiger partial charge in [-0.3, -0.25) is 0 Å². The minimum absolute atomic E-state index is 0. The molecule has 0 aromatic heterocycles. The molecule has 0 N–H and O–H groups in total. The fraction of sp³-hybridized carbons (Fsp3) is 0. The molecule has 0 unspecified atom stereocenters. The van der Waals surface area contributed by atoms with Gasteiger partial charge in [-0.2, -0.15) is 7.82 Å². The fourth-order valence-electron chi connectivity index (χ4n) is 0. The monoisotopic (exact) mass is 284 g/mol. The third-order valence-corrected chi connectivity index (χ3v) is 0. The summed E-state index contributed by atoms with van der Waals surface area (Å²) in [5.41, 5.74) is 0. The van der Waals surface area contributed by atoms with Crippen LogP contribution >= 0.6 is 7.82 Å². The van der Waals surface area contributed by atoms with Crippen molar-refractivity contribution >= 4 is 7.82 Å². The molecule has 0 rings (SSSR count). The van der Waals surface area contributed by atoms with Crippen LogP contribution in [0.2, 0.25) is 0 Å². The van der Waals surface area contributed by atoms with Gasteiger partial charge in [-0.25, -0.2) is 0 Å². The van der Waals surface area contributed by atoms with Gasteiger partial charge in [0.1, 0.15) is 0 Å². The van der Waals surface area contributed by atoms with E-state index in [4.69, 9.17) is 19.2 Å². The molecule has 11 heteroatoms.